The predicted octanol–water partition coefficient (Wildman–Crippen LogP) is 4.32. The van der Waals surface area contributed by atoms with Crippen molar-refractivity contribution in [1.82, 2.24) is 5.43 Å². The van der Waals surface area contributed by atoms with Gasteiger partial charge in [0.1, 0.15) is 0 Å². The van der Waals surface area contributed by atoms with Crippen molar-refractivity contribution >= 4 is 11.6 Å². The summed E-state index contributed by atoms with van der Waals surface area (Å²) in [4.78, 5) is 12.2. The SMILES string of the molecule is CC/C(=N/NC(=O)[C@@H](O)c1ccccc1)c1ccc(-c2ccccc2)cc1. The number of hydrogen-bond acceptors (Lipinski definition) is 3. The van der Waals surface area contributed by atoms with Gasteiger partial charge in [-0.2, -0.15) is 5.10 Å². The fourth-order valence-corrected chi connectivity index (χ4v) is 2.80. The van der Waals surface area contributed by atoms with Crippen molar-refractivity contribution in [2.75, 3.05) is 0 Å². The van der Waals surface area contributed by atoms with Crippen LogP contribution in [-0.2, 0) is 4.79 Å². The van der Waals surface area contributed by atoms with Crippen LogP contribution in [0.1, 0.15) is 30.6 Å². The van der Waals surface area contributed by atoms with Gasteiger partial charge in [-0.3, -0.25) is 4.79 Å². The number of carbonyl (C=O) groups is 1. The summed E-state index contributed by atoms with van der Waals surface area (Å²) in [6.45, 7) is 1.98. The Labute approximate surface area is 159 Å². The maximum atomic E-state index is 12.2. The fraction of sp³-hybridized carbons (Fsp3) is 0.130. The summed E-state index contributed by atoms with van der Waals surface area (Å²) >= 11 is 0. The molecule has 0 fully saturated rings. The van der Waals surface area contributed by atoms with Gasteiger partial charge >= 0.3 is 0 Å². The molecule has 0 saturated carbocycles. The number of aliphatic hydroxyl groups is 1. The molecule has 4 nitrogen and oxygen atoms in total. The smallest absolute Gasteiger partial charge is 0.273 e. The molecule has 0 aliphatic rings. The molecule has 0 radical (unpaired) electrons. The van der Waals surface area contributed by atoms with E-state index in [1.165, 1.54) is 0 Å². The fourth-order valence-electron chi connectivity index (χ4n) is 2.80. The van der Waals surface area contributed by atoms with Gasteiger partial charge in [0.2, 0.25) is 0 Å². The van der Waals surface area contributed by atoms with Crippen LogP contribution in [0.2, 0.25) is 0 Å². The largest absolute Gasteiger partial charge is 0.378 e. The van der Waals surface area contributed by atoms with E-state index in [0.29, 0.717) is 12.0 Å². The number of amides is 1. The standard InChI is InChI=1S/C23H22N2O2/c1-2-21(24-25-23(27)22(26)20-11-7-4-8-12-20)19-15-13-18(14-16-19)17-9-5-3-6-10-17/h3-16,22,26H,2H2,1H3,(H,25,27)/b24-21-/t22-/m0/s1. The van der Waals surface area contributed by atoms with E-state index in [2.05, 4.69) is 22.7 Å². The molecular weight excluding hydrogens is 336 g/mol. The van der Waals surface area contributed by atoms with Gasteiger partial charge in [-0.15, -0.1) is 0 Å². The molecule has 0 aromatic heterocycles. The maximum absolute atomic E-state index is 12.2. The Morgan fingerprint density at radius 3 is 2.04 bits per heavy atom. The third kappa shape index (κ3) is 4.68. The lowest BCUT2D eigenvalue weighted by atomic mass is 10.0. The number of nitrogens with zero attached hydrogens (tertiary/aromatic N) is 1. The van der Waals surface area contributed by atoms with Crippen LogP contribution in [0, 0.1) is 0 Å². The molecule has 0 aliphatic heterocycles. The van der Waals surface area contributed by atoms with E-state index in [-0.39, 0.29) is 0 Å². The highest BCUT2D eigenvalue weighted by Crippen LogP contribution is 2.20. The van der Waals surface area contributed by atoms with Gasteiger partial charge in [-0.25, -0.2) is 5.43 Å². The van der Waals surface area contributed by atoms with Crippen LogP contribution < -0.4 is 5.43 Å². The van der Waals surface area contributed by atoms with Gasteiger partial charge in [-0.05, 0) is 28.7 Å². The lowest BCUT2D eigenvalue weighted by Gasteiger charge is -2.10. The summed E-state index contributed by atoms with van der Waals surface area (Å²) in [6, 6.07) is 27.0. The summed E-state index contributed by atoms with van der Waals surface area (Å²) < 4.78 is 0. The molecule has 2 N–H and O–H groups in total. The Morgan fingerprint density at radius 2 is 1.44 bits per heavy atom. The van der Waals surface area contributed by atoms with Crippen LogP contribution >= 0.6 is 0 Å². The number of carbonyl (C=O) groups excluding carboxylic acids is 1. The van der Waals surface area contributed by atoms with Crippen molar-refractivity contribution < 1.29 is 9.90 Å². The highest BCUT2D eigenvalue weighted by atomic mass is 16.3. The zero-order valence-corrected chi connectivity index (χ0v) is 15.2. The average Bonchev–Trinajstić information content (AvgIpc) is 2.75. The van der Waals surface area contributed by atoms with Crippen molar-refractivity contribution in [3.8, 4) is 11.1 Å². The third-order valence-corrected chi connectivity index (χ3v) is 4.32. The molecule has 0 heterocycles. The van der Waals surface area contributed by atoms with Crippen molar-refractivity contribution in [2.45, 2.75) is 19.4 Å². The molecule has 0 aliphatic carbocycles. The Kier molecular flexibility index (Phi) is 6.13. The molecule has 0 spiro atoms. The molecule has 4 heteroatoms. The van der Waals surface area contributed by atoms with Gasteiger partial charge in [0.25, 0.3) is 5.91 Å². The number of aliphatic hydroxyl groups excluding tert-OH is 1. The minimum absolute atomic E-state index is 0.537. The molecular formula is C23H22N2O2. The monoisotopic (exact) mass is 358 g/mol. The molecule has 0 bridgehead atoms. The third-order valence-electron chi connectivity index (χ3n) is 4.32. The van der Waals surface area contributed by atoms with Gasteiger partial charge in [-0.1, -0.05) is 91.9 Å². The van der Waals surface area contributed by atoms with Gasteiger partial charge in [0.05, 0.1) is 5.71 Å². The molecule has 0 unspecified atom stereocenters. The second-order valence-electron chi connectivity index (χ2n) is 6.14. The van der Waals surface area contributed by atoms with Gasteiger partial charge in [0.15, 0.2) is 6.10 Å². The van der Waals surface area contributed by atoms with Gasteiger partial charge in [0, 0.05) is 0 Å². The second-order valence-corrected chi connectivity index (χ2v) is 6.14. The highest BCUT2D eigenvalue weighted by molar-refractivity contribution is 6.01. The first-order chi connectivity index (χ1) is 13.2. The summed E-state index contributed by atoms with van der Waals surface area (Å²) in [5.74, 6) is -0.548. The number of rotatable bonds is 6. The highest BCUT2D eigenvalue weighted by Gasteiger charge is 2.16. The number of hydrogen-bond donors (Lipinski definition) is 2. The van der Waals surface area contributed by atoms with E-state index in [4.69, 9.17) is 0 Å². The first-order valence-electron chi connectivity index (χ1n) is 8.94. The minimum atomic E-state index is -1.24. The van der Waals surface area contributed by atoms with E-state index in [1.807, 2.05) is 55.5 Å². The van der Waals surface area contributed by atoms with E-state index in [0.717, 1.165) is 22.4 Å². The van der Waals surface area contributed by atoms with E-state index in [1.54, 1.807) is 24.3 Å². The van der Waals surface area contributed by atoms with Crippen molar-refractivity contribution in [3.63, 3.8) is 0 Å². The minimum Gasteiger partial charge on any atom is -0.378 e. The molecule has 27 heavy (non-hydrogen) atoms. The Balaban J connectivity index is 1.71. The van der Waals surface area contributed by atoms with E-state index in [9.17, 15) is 9.90 Å². The topological polar surface area (TPSA) is 61.7 Å². The number of benzene rings is 3. The molecule has 1 amide bonds. The quantitative estimate of drug-likeness (QED) is 0.509. The lowest BCUT2D eigenvalue weighted by Crippen LogP contribution is -2.26. The Hall–Kier alpha value is -3.24. The van der Waals surface area contributed by atoms with E-state index < -0.39 is 12.0 Å². The maximum Gasteiger partial charge on any atom is 0.273 e. The molecule has 136 valence electrons. The normalized spacial score (nSPS) is 12.4. The zero-order chi connectivity index (χ0) is 19.1. The summed E-state index contributed by atoms with van der Waals surface area (Å²) in [6.07, 6.45) is -0.583. The van der Waals surface area contributed by atoms with Crippen LogP contribution in [0.25, 0.3) is 11.1 Å². The lowest BCUT2D eigenvalue weighted by molar-refractivity contribution is -0.129. The molecule has 0 saturated heterocycles. The number of nitrogens with one attached hydrogen (secondary N) is 1. The van der Waals surface area contributed by atoms with Crippen LogP contribution in [-0.4, -0.2) is 16.7 Å². The van der Waals surface area contributed by atoms with E-state index >= 15 is 0 Å². The molecule has 1 atom stereocenters. The summed E-state index contributed by atoms with van der Waals surface area (Å²) in [5.41, 5.74) is 6.98. The summed E-state index contributed by atoms with van der Waals surface area (Å²) in [5, 5.41) is 14.3. The van der Waals surface area contributed by atoms with Crippen LogP contribution in [0.5, 0.6) is 0 Å². The second kappa shape index (κ2) is 8.92. The first kappa shape index (κ1) is 18.5. The molecule has 3 aromatic carbocycles. The van der Waals surface area contributed by atoms with Crippen molar-refractivity contribution in [1.29, 1.82) is 0 Å². The summed E-state index contributed by atoms with van der Waals surface area (Å²) in [7, 11) is 0. The van der Waals surface area contributed by atoms with Crippen LogP contribution in [0.3, 0.4) is 0 Å². The van der Waals surface area contributed by atoms with Crippen LogP contribution in [0.4, 0.5) is 0 Å². The van der Waals surface area contributed by atoms with Crippen molar-refractivity contribution in [2.24, 2.45) is 5.10 Å². The van der Waals surface area contributed by atoms with Crippen LogP contribution in [0.15, 0.2) is 90.0 Å². The average molecular weight is 358 g/mol. The van der Waals surface area contributed by atoms with Crippen molar-refractivity contribution in [3.05, 3.63) is 96.1 Å². The Morgan fingerprint density at radius 1 is 0.889 bits per heavy atom. The molecule has 3 rings (SSSR count). The zero-order valence-electron chi connectivity index (χ0n) is 15.2. The number of hydrazone groups is 1. The predicted molar refractivity (Wildman–Crippen MR) is 108 cm³/mol. The van der Waals surface area contributed by atoms with Gasteiger partial charge < -0.3 is 5.11 Å². The Bertz CT molecular complexity index is 904. The molecule has 3 aromatic rings. The first-order valence-corrected chi connectivity index (χ1v) is 8.94.